The van der Waals surface area contributed by atoms with E-state index in [1.54, 1.807) is 7.05 Å². The number of aromatic nitrogens is 1. The van der Waals surface area contributed by atoms with Gasteiger partial charge in [-0.2, -0.15) is 0 Å². The maximum Gasteiger partial charge on any atom is 0.419 e. The van der Waals surface area contributed by atoms with E-state index in [0.29, 0.717) is 31.5 Å². The van der Waals surface area contributed by atoms with E-state index in [4.69, 9.17) is 4.42 Å². The second-order valence-electron chi connectivity index (χ2n) is 6.68. The molecule has 0 atom stereocenters. The molecule has 0 aliphatic heterocycles. The van der Waals surface area contributed by atoms with Crippen LogP contribution in [0.3, 0.4) is 0 Å². The number of hydrogen-bond acceptors (Lipinski definition) is 4. The molecule has 0 saturated heterocycles. The van der Waals surface area contributed by atoms with Gasteiger partial charge in [0, 0.05) is 33.0 Å². The molecule has 0 saturated carbocycles. The van der Waals surface area contributed by atoms with E-state index in [9.17, 15) is 9.90 Å². The Morgan fingerprint density at radius 1 is 1.21 bits per heavy atom. The van der Waals surface area contributed by atoms with Crippen molar-refractivity contribution in [2.45, 2.75) is 25.0 Å². The highest BCUT2D eigenvalue weighted by Crippen LogP contribution is 2.29. The van der Waals surface area contributed by atoms with Crippen molar-refractivity contribution in [2.75, 3.05) is 6.54 Å². The molecule has 1 heterocycles. The van der Waals surface area contributed by atoms with Gasteiger partial charge in [-0.3, -0.25) is 4.57 Å². The van der Waals surface area contributed by atoms with Gasteiger partial charge in [0.2, 0.25) is 0 Å². The lowest BCUT2D eigenvalue weighted by molar-refractivity contribution is 0.0510. The Morgan fingerprint density at radius 3 is 2.62 bits per heavy atom. The Bertz CT molecular complexity index is 930. The van der Waals surface area contributed by atoms with Crippen molar-refractivity contribution in [1.29, 1.82) is 0 Å². The number of aryl methyl sites for hydroxylation is 1. The third-order valence-electron chi connectivity index (χ3n) is 4.80. The van der Waals surface area contributed by atoms with E-state index >= 15 is 0 Å². The van der Waals surface area contributed by atoms with Crippen LogP contribution < -0.4 is 11.1 Å². The summed E-state index contributed by atoms with van der Waals surface area (Å²) in [7, 11) is 1.69. The average Bonchev–Trinajstić information content (AvgIpc) is 3.04. The molecule has 0 spiro atoms. The minimum absolute atomic E-state index is 0.354. The van der Waals surface area contributed by atoms with Crippen LogP contribution in [-0.4, -0.2) is 21.8 Å². The largest absolute Gasteiger partial charge is 0.419 e. The van der Waals surface area contributed by atoms with Gasteiger partial charge in [0.15, 0.2) is 5.58 Å². The predicted molar refractivity (Wildman–Crippen MR) is 92.0 cm³/mol. The van der Waals surface area contributed by atoms with E-state index in [-0.39, 0.29) is 5.76 Å². The van der Waals surface area contributed by atoms with Gasteiger partial charge in [0.1, 0.15) is 0 Å². The Balaban J connectivity index is 1.42. The molecule has 1 aromatic heterocycles. The molecule has 5 nitrogen and oxygen atoms in total. The number of oxazole rings is 1. The van der Waals surface area contributed by atoms with Crippen molar-refractivity contribution in [3.8, 4) is 0 Å². The van der Waals surface area contributed by atoms with E-state index in [0.717, 1.165) is 11.1 Å². The predicted octanol–water partition coefficient (Wildman–Crippen LogP) is 1.75. The van der Waals surface area contributed by atoms with E-state index in [2.05, 4.69) is 17.4 Å². The first-order valence-corrected chi connectivity index (χ1v) is 8.12. The van der Waals surface area contributed by atoms with E-state index < -0.39 is 5.60 Å². The molecule has 1 aliphatic carbocycles. The Morgan fingerprint density at radius 2 is 1.92 bits per heavy atom. The first kappa shape index (κ1) is 15.2. The summed E-state index contributed by atoms with van der Waals surface area (Å²) in [5, 5.41) is 14.1. The fraction of sp³-hybridized carbons (Fsp3) is 0.316. The Kier molecular flexibility index (Phi) is 3.55. The molecule has 5 heteroatoms. The van der Waals surface area contributed by atoms with Gasteiger partial charge >= 0.3 is 5.76 Å². The zero-order valence-corrected chi connectivity index (χ0v) is 13.6. The van der Waals surface area contributed by atoms with Crippen LogP contribution in [0.25, 0.3) is 11.1 Å². The van der Waals surface area contributed by atoms with Crippen LogP contribution in [0.2, 0.25) is 0 Å². The fourth-order valence-corrected chi connectivity index (χ4v) is 3.53. The quantitative estimate of drug-likeness (QED) is 0.767. The lowest BCUT2D eigenvalue weighted by atomic mass is 10.0. The van der Waals surface area contributed by atoms with Gasteiger partial charge < -0.3 is 14.8 Å². The smallest absolute Gasteiger partial charge is 0.408 e. The molecule has 124 valence electrons. The first-order chi connectivity index (χ1) is 11.5. The second kappa shape index (κ2) is 5.61. The lowest BCUT2D eigenvalue weighted by Gasteiger charge is -2.22. The molecule has 4 rings (SSSR count). The molecular formula is C19H20N2O3. The van der Waals surface area contributed by atoms with Crippen LogP contribution in [0.15, 0.2) is 51.7 Å². The summed E-state index contributed by atoms with van der Waals surface area (Å²) in [6.45, 7) is 1.14. The van der Waals surface area contributed by atoms with Crippen molar-refractivity contribution in [1.82, 2.24) is 9.88 Å². The molecule has 1 aliphatic rings. The molecule has 0 bridgehead atoms. The molecule has 0 fully saturated rings. The third-order valence-corrected chi connectivity index (χ3v) is 4.80. The monoisotopic (exact) mass is 324 g/mol. The summed E-state index contributed by atoms with van der Waals surface area (Å²) in [5.74, 6) is -0.354. The Labute approximate surface area is 139 Å². The highest BCUT2D eigenvalue weighted by molar-refractivity contribution is 5.73. The molecule has 0 radical (unpaired) electrons. The van der Waals surface area contributed by atoms with Gasteiger partial charge in [-0.25, -0.2) is 4.79 Å². The maximum atomic E-state index is 11.5. The molecule has 24 heavy (non-hydrogen) atoms. The fourth-order valence-electron chi connectivity index (χ4n) is 3.53. The number of aliphatic hydroxyl groups is 1. The summed E-state index contributed by atoms with van der Waals surface area (Å²) in [6.07, 6.45) is 1.37. The zero-order valence-electron chi connectivity index (χ0n) is 13.6. The van der Waals surface area contributed by atoms with Crippen LogP contribution >= 0.6 is 0 Å². The summed E-state index contributed by atoms with van der Waals surface area (Å²) in [6, 6.07) is 13.9. The van der Waals surface area contributed by atoms with Crippen LogP contribution in [0, 0.1) is 0 Å². The van der Waals surface area contributed by atoms with Gasteiger partial charge in [0.05, 0.1) is 11.1 Å². The zero-order chi connectivity index (χ0) is 16.7. The van der Waals surface area contributed by atoms with Gasteiger partial charge in [-0.05, 0) is 28.8 Å². The van der Waals surface area contributed by atoms with Crippen LogP contribution in [0.5, 0.6) is 0 Å². The minimum atomic E-state index is -0.729. The molecule has 2 aromatic carbocycles. The van der Waals surface area contributed by atoms with Crippen LogP contribution in [0.1, 0.15) is 16.7 Å². The van der Waals surface area contributed by atoms with Gasteiger partial charge in [0.25, 0.3) is 0 Å². The van der Waals surface area contributed by atoms with Crippen molar-refractivity contribution in [3.05, 3.63) is 69.7 Å². The lowest BCUT2D eigenvalue weighted by Crippen LogP contribution is -2.41. The highest BCUT2D eigenvalue weighted by Gasteiger charge is 2.34. The number of benzene rings is 2. The van der Waals surface area contributed by atoms with Crippen molar-refractivity contribution in [3.63, 3.8) is 0 Å². The highest BCUT2D eigenvalue weighted by atomic mass is 16.4. The molecule has 3 aromatic rings. The number of rotatable bonds is 4. The van der Waals surface area contributed by atoms with E-state index in [1.165, 1.54) is 15.7 Å². The van der Waals surface area contributed by atoms with Crippen LogP contribution in [0.4, 0.5) is 0 Å². The number of hydrogen-bond donors (Lipinski definition) is 2. The SMILES string of the molecule is Cn1c(=O)oc2cc(CNCC3(O)Cc4ccccc4C3)ccc21. The number of nitrogens with zero attached hydrogens (tertiary/aromatic N) is 1. The average molecular weight is 324 g/mol. The minimum Gasteiger partial charge on any atom is -0.408 e. The van der Waals surface area contributed by atoms with Crippen molar-refractivity contribution >= 4 is 11.1 Å². The summed E-state index contributed by atoms with van der Waals surface area (Å²) >= 11 is 0. The normalized spacial score (nSPS) is 15.8. The van der Waals surface area contributed by atoms with Crippen molar-refractivity contribution in [2.24, 2.45) is 7.05 Å². The van der Waals surface area contributed by atoms with E-state index in [1.807, 2.05) is 30.3 Å². The molecule has 0 amide bonds. The summed E-state index contributed by atoms with van der Waals surface area (Å²) < 4.78 is 6.70. The van der Waals surface area contributed by atoms with Gasteiger partial charge in [-0.15, -0.1) is 0 Å². The standard InChI is InChI=1S/C19H20N2O3/c1-21-16-7-6-13(8-17(16)24-18(21)22)11-20-12-19(23)9-14-4-2-3-5-15(14)10-19/h2-8,20,23H,9-12H2,1H3. The van der Waals surface area contributed by atoms with Crippen LogP contribution in [-0.2, 0) is 26.4 Å². The summed E-state index contributed by atoms with van der Waals surface area (Å²) in [4.78, 5) is 11.5. The third kappa shape index (κ3) is 2.66. The maximum absolute atomic E-state index is 11.5. The Hall–Kier alpha value is -2.37. The number of nitrogens with one attached hydrogen (secondary N) is 1. The van der Waals surface area contributed by atoms with Crippen molar-refractivity contribution < 1.29 is 9.52 Å². The second-order valence-corrected chi connectivity index (χ2v) is 6.68. The molecular weight excluding hydrogens is 304 g/mol. The molecule has 0 unspecified atom stereocenters. The molecule has 2 N–H and O–H groups in total. The first-order valence-electron chi connectivity index (χ1n) is 8.12. The summed E-state index contributed by atoms with van der Waals surface area (Å²) in [5.41, 5.74) is 4.13. The van der Waals surface area contributed by atoms with Gasteiger partial charge in [-0.1, -0.05) is 30.3 Å². The number of fused-ring (bicyclic) bond motifs is 2. The topological polar surface area (TPSA) is 67.4 Å².